The first-order valence-corrected chi connectivity index (χ1v) is 8.11. The second-order valence-electron chi connectivity index (χ2n) is 6.62. The molecule has 0 atom stereocenters. The van der Waals surface area contributed by atoms with Crippen LogP contribution in [0.5, 0.6) is 0 Å². The zero-order valence-corrected chi connectivity index (χ0v) is 12.1. The summed E-state index contributed by atoms with van der Waals surface area (Å²) in [5, 5.41) is 0. The minimum absolute atomic E-state index is 0.911. The van der Waals surface area contributed by atoms with Gasteiger partial charge in [0.1, 0.15) is 0 Å². The van der Waals surface area contributed by atoms with Gasteiger partial charge in [-0.25, -0.2) is 0 Å². The predicted molar refractivity (Wildman–Crippen MR) is 80.7 cm³/mol. The summed E-state index contributed by atoms with van der Waals surface area (Å²) in [7, 11) is 0. The number of hydrogen-bond acceptors (Lipinski definition) is 0. The lowest BCUT2D eigenvalue weighted by molar-refractivity contribution is 0.346. The van der Waals surface area contributed by atoms with Crippen molar-refractivity contribution >= 4 is 0 Å². The molecule has 0 heterocycles. The number of allylic oxidation sites excluding steroid dienone is 2. The molecule has 2 aliphatic rings. The van der Waals surface area contributed by atoms with Gasteiger partial charge in [0.25, 0.3) is 0 Å². The molecule has 0 heteroatoms. The summed E-state index contributed by atoms with van der Waals surface area (Å²) in [6, 6.07) is 0. The maximum absolute atomic E-state index is 4.31. The summed E-state index contributed by atoms with van der Waals surface area (Å²) < 4.78 is 0. The SMILES string of the molecule is C=C(CC1CCCCC1)C(=C)CC1CCCCC1. The lowest BCUT2D eigenvalue weighted by Crippen LogP contribution is -2.10. The van der Waals surface area contributed by atoms with Gasteiger partial charge >= 0.3 is 0 Å². The van der Waals surface area contributed by atoms with Crippen molar-refractivity contribution in [3.05, 3.63) is 24.3 Å². The highest BCUT2D eigenvalue weighted by molar-refractivity contribution is 5.25. The molecule has 0 radical (unpaired) electrons. The summed E-state index contributed by atoms with van der Waals surface area (Å²) in [4.78, 5) is 0. The Morgan fingerprint density at radius 1 is 0.611 bits per heavy atom. The van der Waals surface area contributed by atoms with Crippen molar-refractivity contribution in [2.24, 2.45) is 11.8 Å². The van der Waals surface area contributed by atoms with Crippen molar-refractivity contribution in [3.63, 3.8) is 0 Å². The second kappa shape index (κ2) is 7.16. The summed E-state index contributed by atoms with van der Waals surface area (Å²) in [6.07, 6.45) is 16.8. The molecule has 0 aliphatic heterocycles. The third kappa shape index (κ3) is 4.30. The van der Waals surface area contributed by atoms with Gasteiger partial charge < -0.3 is 0 Å². The third-order valence-corrected chi connectivity index (χ3v) is 5.02. The molecule has 2 aliphatic carbocycles. The van der Waals surface area contributed by atoms with E-state index in [2.05, 4.69) is 13.2 Å². The van der Waals surface area contributed by atoms with Crippen LogP contribution in [0, 0.1) is 11.8 Å². The zero-order chi connectivity index (χ0) is 12.8. The van der Waals surface area contributed by atoms with Crippen LogP contribution in [-0.2, 0) is 0 Å². The van der Waals surface area contributed by atoms with Crippen LogP contribution in [-0.4, -0.2) is 0 Å². The van der Waals surface area contributed by atoms with Gasteiger partial charge in [0.15, 0.2) is 0 Å². The first-order chi connectivity index (χ1) is 8.75. The molecular formula is C18H30. The van der Waals surface area contributed by atoms with Gasteiger partial charge in [0.05, 0.1) is 0 Å². The summed E-state index contributed by atoms with van der Waals surface area (Å²) in [6.45, 7) is 8.63. The lowest BCUT2D eigenvalue weighted by atomic mass is 9.80. The first kappa shape index (κ1) is 13.9. The Bertz CT molecular complexity index is 244. The van der Waals surface area contributed by atoms with Crippen molar-refractivity contribution in [2.45, 2.75) is 77.0 Å². The monoisotopic (exact) mass is 246 g/mol. The molecule has 2 fully saturated rings. The summed E-state index contributed by atoms with van der Waals surface area (Å²) >= 11 is 0. The Morgan fingerprint density at radius 2 is 0.944 bits per heavy atom. The van der Waals surface area contributed by atoms with Crippen molar-refractivity contribution in [2.75, 3.05) is 0 Å². The molecular weight excluding hydrogens is 216 g/mol. The second-order valence-corrected chi connectivity index (χ2v) is 6.62. The fraction of sp³-hybridized carbons (Fsp3) is 0.778. The van der Waals surface area contributed by atoms with E-state index in [9.17, 15) is 0 Å². The number of rotatable bonds is 5. The van der Waals surface area contributed by atoms with Gasteiger partial charge in [-0.15, -0.1) is 0 Å². The van der Waals surface area contributed by atoms with Gasteiger partial charge in [-0.3, -0.25) is 0 Å². The Hall–Kier alpha value is -0.520. The van der Waals surface area contributed by atoms with Crippen molar-refractivity contribution in [1.29, 1.82) is 0 Å². The van der Waals surface area contributed by atoms with Crippen molar-refractivity contribution in [3.8, 4) is 0 Å². The summed E-state index contributed by atoms with van der Waals surface area (Å²) in [5.41, 5.74) is 2.74. The molecule has 0 saturated heterocycles. The lowest BCUT2D eigenvalue weighted by Gasteiger charge is -2.26. The van der Waals surface area contributed by atoms with E-state index in [0.29, 0.717) is 0 Å². The molecule has 18 heavy (non-hydrogen) atoms. The van der Waals surface area contributed by atoms with E-state index in [0.717, 1.165) is 11.8 Å². The average molecular weight is 246 g/mol. The minimum Gasteiger partial charge on any atom is -0.0956 e. The Morgan fingerprint density at radius 3 is 1.28 bits per heavy atom. The Labute approximate surface area is 114 Å². The molecule has 102 valence electrons. The van der Waals surface area contributed by atoms with Crippen LogP contribution in [0.25, 0.3) is 0 Å². The molecule has 0 aromatic carbocycles. The van der Waals surface area contributed by atoms with Gasteiger partial charge in [0, 0.05) is 0 Å². The van der Waals surface area contributed by atoms with Gasteiger partial charge in [-0.1, -0.05) is 88.5 Å². The fourth-order valence-electron chi connectivity index (χ4n) is 3.77. The zero-order valence-electron chi connectivity index (χ0n) is 12.1. The molecule has 0 amide bonds. The standard InChI is InChI=1S/C18H30/c1-15(13-17-9-5-3-6-10-17)16(2)14-18-11-7-4-8-12-18/h17-18H,1-14H2. The van der Waals surface area contributed by atoms with Crippen molar-refractivity contribution in [1.82, 2.24) is 0 Å². The summed E-state index contributed by atoms with van der Waals surface area (Å²) in [5.74, 6) is 1.82. The van der Waals surface area contributed by atoms with Crippen LogP contribution < -0.4 is 0 Å². The van der Waals surface area contributed by atoms with E-state index < -0.39 is 0 Å². The topological polar surface area (TPSA) is 0 Å². The van der Waals surface area contributed by atoms with Crippen LogP contribution in [0.3, 0.4) is 0 Å². The van der Waals surface area contributed by atoms with Crippen molar-refractivity contribution < 1.29 is 0 Å². The quantitative estimate of drug-likeness (QED) is 0.519. The predicted octanol–water partition coefficient (Wildman–Crippen LogP) is 6.04. The molecule has 0 N–H and O–H groups in total. The van der Waals surface area contributed by atoms with Gasteiger partial charge in [0.2, 0.25) is 0 Å². The van der Waals surface area contributed by atoms with Crippen LogP contribution in [0.2, 0.25) is 0 Å². The maximum Gasteiger partial charge on any atom is -0.0254 e. The van der Waals surface area contributed by atoms with E-state index in [1.54, 1.807) is 0 Å². The minimum atomic E-state index is 0.911. The highest BCUT2D eigenvalue weighted by Crippen LogP contribution is 2.34. The van der Waals surface area contributed by atoms with E-state index in [-0.39, 0.29) is 0 Å². The molecule has 0 nitrogen and oxygen atoms in total. The van der Waals surface area contributed by atoms with Crippen LogP contribution in [0.1, 0.15) is 77.0 Å². The normalized spacial score (nSPS) is 22.9. The molecule has 2 saturated carbocycles. The highest BCUT2D eigenvalue weighted by atomic mass is 14.2. The molecule has 0 bridgehead atoms. The Balaban J connectivity index is 1.71. The van der Waals surface area contributed by atoms with E-state index >= 15 is 0 Å². The molecule has 2 rings (SSSR count). The van der Waals surface area contributed by atoms with Crippen LogP contribution >= 0.6 is 0 Å². The third-order valence-electron chi connectivity index (χ3n) is 5.02. The van der Waals surface area contributed by atoms with Gasteiger partial charge in [-0.05, 0) is 24.7 Å². The number of hydrogen-bond donors (Lipinski definition) is 0. The first-order valence-electron chi connectivity index (χ1n) is 8.11. The largest absolute Gasteiger partial charge is 0.0956 e. The van der Waals surface area contributed by atoms with E-state index in [4.69, 9.17) is 0 Å². The fourth-order valence-corrected chi connectivity index (χ4v) is 3.77. The van der Waals surface area contributed by atoms with E-state index in [1.807, 2.05) is 0 Å². The van der Waals surface area contributed by atoms with Crippen LogP contribution in [0.15, 0.2) is 24.3 Å². The van der Waals surface area contributed by atoms with Crippen LogP contribution in [0.4, 0.5) is 0 Å². The van der Waals surface area contributed by atoms with E-state index in [1.165, 1.54) is 88.2 Å². The average Bonchev–Trinajstić information content (AvgIpc) is 2.41. The molecule has 0 unspecified atom stereocenters. The Kier molecular flexibility index (Phi) is 5.53. The molecule has 0 aromatic rings. The highest BCUT2D eigenvalue weighted by Gasteiger charge is 2.18. The maximum atomic E-state index is 4.31. The van der Waals surface area contributed by atoms with Gasteiger partial charge in [-0.2, -0.15) is 0 Å². The smallest absolute Gasteiger partial charge is 0.0254 e. The molecule has 0 aromatic heterocycles. The molecule has 0 spiro atoms.